The van der Waals surface area contributed by atoms with E-state index in [0.29, 0.717) is 29.0 Å². The molecule has 2 amide bonds. The molecular formula is C29H24BrN3O5. The predicted octanol–water partition coefficient (Wildman–Crippen LogP) is 5.10. The average Bonchev–Trinajstić information content (AvgIpc) is 2.93. The number of nitrogens with one attached hydrogen (secondary N) is 2. The molecule has 4 aromatic carbocycles. The van der Waals surface area contributed by atoms with Crippen LogP contribution >= 0.6 is 15.9 Å². The molecule has 0 atom stereocenters. The molecule has 4 rings (SSSR count). The topological polar surface area (TPSA) is 106 Å². The molecule has 0 bridgehead atoms. The van der Waals surface area contributed by atoms with Gasteiger partial charge >= 0.3 is 5.97 Å². The van der Waals surface area contributed by atoms with Crippen molar-refractivity contribution < 1.29 is 23.9 Å². The SMILES string of the molecule is CCOc1ccc(C(=O)Oc2ccc(Br)cc2C=NNC(=O)CNC(=O)c2cccc3ccccc23)cc1. The first-order valence-corrected chi connectivity index (χ1v) is 12.6. The summed E-state index contributed by atoms with van der Waals surface area (Å²) in [5.74, 6) is -0.515. The van der Waals surface area contributed by atoms with Crippen molar-refractivity contribution in [2.24, 2.45) is 5.10 Å². The smallest absolute Gasteiger partial charge is 0.343 e. The number of fused-ring (bicyclic) bond motifs is 1. The van der Waals surface area contributed by atoms with Gasteiger partial charge in [0.1, 0.15) is 11.5 Å². The Morgan fingerprint density at radius 3 is 2.50 bits per heavy atom. The quantitative estimate of drug-likeness (QED) is 0.125. The lowest BCUT2D eigenvalue weighted by atomic mass is 10.0. The van der Waals surface area contributed by atoms with E-state index in [0.717, 1.165) is 15.2 Å². The minimum absolute atomic E-state index is 0.259. The largest absolute Gasteiger partial charge is 0.494 e. The number of hydrazone groups is 1. The molecule has 0 aromatic heterocycles. The second-order valence-electron chi connectivity index (χ2n) is 8.03. The van der Waals surface area contributed by atoms with Gasteiger partial charge in [0.15, 0.2) is 0 Å². The van der Waals surface area contributed by atoms with Crippen LogP contribution in [0.2, 0.25) is 0 Å². The monoisotopic (exact) mass is 573 g/mol. The number of benzene rings is 4. The van der Waals surface area contributed by atoms with Crippen LogP contribution in [-0.4, -0.2) is 37.1 Å². The van der Waals surface area contributed by atoms with Crippen LogP contribution < -0.4 is 20.2 Å². The van der Waals surface area contributed by atoms with Gasteiger partial charge in [-0.15, -0.1) is 0 Å². The Kier molecular flexibility index (Phi) is 8.84. The lowest BCUT2D eigenvalue weighted by Crippen LogP contribution is -2.35. The van der Waals surface area contributed by atoms with Gasteiger partial charge in [-0.2, -0.15) is 5.10 Å². The highest BCUT2D eigenvalue weighted by Gasteiger charge is 2.13. The third-order valence-electron chi connectivity index (χ3n) is 5.41. The molecule has 0 radical (unpaired) electrons. The normalized spacial score (nSPS) is 10.8. The minimum Gasteiger partial charge on any atom is -0.494 e. The number of ether oxygens (including phenoxy) is 2. The maximum absolute atomic E-state index is 12.6. The number of carbonyl (C=O) groups excluding carboxylic acids is 3. The van der Waals surface area contributed by atoms with E-state index in [9.17, 15) is 14.4 Å². The summed E-state index contributed by atoms with van der Waals surface area (Å²) >= 11 is 3.38. The van der Waals surface area contributed by atoms with E-state index in [1.165, 1.54) is 6.21 Å². The number of halogens is 1. The Hall–Kier alpha value is -4.50. The van der Waals surface area contributed by atoms with Gasteiger partial charge < -0.3 is 14.8 Å². The highest BCUT2D eigenvalue weighted by atomic mass is 79.9. The molecule has 0 unspecified atom stereocenters. The molecule has 0 saturated heterocycles. The number of hydrogen-bond acceptors (Lipinski definition) is 6. The Morgan fingerprint density at radius 1 is 0.947 bits per heavy atom. The third-order valence-corrected chi connectivity index (χ3v) is 5.91. The fourth-order valence-electron chi connectivity index (χ4n) is 3.62. The van der Waals surface area contributed by atoms with Crippen molar-refractivity contribution in [2.45, 2.75) is 6.92 Å². The third kappa shape index (κ3) is 6.83. The Bertz CT molecular complexity index is 1500. The summed E-state index contributed by atoms with van der Waals surface area (Å²) in [7, 11) is 0. The molecule has 0 heterocycles. The maximum atomic E-state index is 12.6. The van der Waals surface area contributed by atoms with Crippen molar-refractivity contribution >= 4 is 50.7 Å². The highest BCUT2D eigenvalue weighted by molar-refractivity contribution is 9.10. The maximum Gasteiger partial charge on any atom is 0.343 e. The van der Waals surface area contributed by atoms with Gasteiger partial charge in [0, 0.05) is 15.6 Å². The molecule has 0 aliphatic carbocycles. The lowest BCUT2D eigenvalue weighted by Gasteiger charge is -2.09. The fourth-order valence-corrected chi connectivity index (χ4v) is 4.00. The fraction of sp³-hybridized carbons (Fsp3) is 0.103. The first kappa shape index (κ1) is 26.6. The van der Waals surface area contributed by atoms with Crippen LogP contribution in [0.5, 0.6) is 11.5 Å². The molecule has 0 saturated carbocycles. The molecule has 8 nitrogen and oxygen atoms in total. The van der Waals surface area contributed by atoms with Crippen LogP contribution in [0.3, 0.4) is 0 Å². The zero-order valence-corrected chi connectivity index (χ0v) is 22.0. The summed E-state index contributed by atoms with van der Waals surface area (Å²) in [5, 5.41) is 8.29. The van der Waals surface area contributed by atoms with E-state index in [1.54, 1.807) is 54.6 Å². The van der Waals surface area contributed by atoms with Gasteiger partial charge in [-0.3, -0.25) is 9.59 Å². The van der Waals surface area contributed by atoms with Gasteiger partial charge in [0.05, 0.1) is 24.9 Å². The zero-order chi connectivity index (χ0) is 26.9. The second-order valence-corrected chi connectivity index (χ2v) is 8.95. The average molecular weight is 574 g/mol. The Balaban J connectivity index is 1.35. The summed E-state index contributed by atoms with van der Waals surface area (Å²) < 4.78 is 11.7. The molecule has 192 valence electrons. The van der Waals surface area contributed by atoms with Crippen molar-refractivity contribution in [3.8, 4) is 11.5 Å². The molecule has 0 fully saturated rings. The molecule has 0 spiro atoms. The molecular weight excluding hydrogens is 550 g/mol. The Labute approximate surface area is 227 Å². The molecule has 4 aromatic rings. The van der Waals surface area contributed by atoms with Gasteiger partial charge in [-0.1, -0.05) is 52.3 Å². The van der Waals surface area contributed by atoms with Gasteiger partial charge in [-0.25, -0.2) is 10.2 Å². The number of esters is 1. The van der Waals surface area contributed by atoms with E-state index < -0.39 is 11.9 Å². The first-order chi connectivity index (χ1) is 18.4. The molecule has 9 heteroatoms. The Morgan fingerprint density at radius 2 is 1.71 bits per heavy atom. The predicted molar refractivity (Wildman–Crippen MR) is 149 cm³/mol. The highest BCUT2D eigenvalue weighted by Crippen LogP contribution is 2.23. The van der Waals surface area contributed by atoms with Crippen molar-refractivity contribution in [1.29, 1.82) is 0 Å². The zero-order valence-electron chi connectivity index (χ0n) is 20.4. The van der Waals surface area contributed by atoms with E-state index in [2.05, 4.69) is 31.8 Å². The summed E-state index contributed by atoms with van der Waals surface area (Å²) in [5.41, 5.74) is 3.66. The lowest BCUT2D eigenvalue weighted by molar-refractivity contribution is -0.120. The number of hydrogen-bond donors (Lipinski definition) is 2. The number of rotatable bonds is 9. The van der Waals surface area contributed by atoms with Gasteiger partial charge in [0.2, 0.25) is 0 Å². The van der Waals surface area contributed by atoms with Crippen LogP contribution in [-0.2, 0) is 4.79 Å². The summed E-state index contributed by atoms with van der Waals surface area (Å²) in [4.78, 5) is 37.5. The second kappa shape index (κ2) is 12.6. The van der Waals surface area contributed by atoms with Crippen LogP contribution in [0.1, 0.15) is 33.2 Å². The summed E-state index contributed by atoms with van der Waals surface area (Å²) in [6.07, 6.45) is 1.36. The van der Waals surface area contributed by atoms with E-state index in [1.807, 2.05) is 37.3 Å². The van der Waals surface area contributed by atoms with Gasteiger partial charge in [0.25, 0.3) is 11.8 Å². The number of amides is 2. The molecule has 38 heavy (non-hydrogen) atoms. The van der Waals surface area contributed by atoms with E-state index in [-0.39, 0.29) is 18.2 Å². The summed E-state index contributed by atoms with van der Waals surface area (Å²) in [6, 6.07) is 24.6. The van der Waals surface area contributed by atoms with Crippen LogP contribution in [0.4, 0.5) is 0 Å². The minimum atomic E-state index is -0.551. The van der Waals surface area contributed by atoms with Crippen molar-refractivity contribution in [2.75, 3.05) is 13.2 Å². The number of nitrogens with zero attached hydrogens (tertiary/aromatic N) is 1. The van der Waals surface area contributed by atoms with Crippen molar-refractivity contribution in [3.63, 3.8) is 0 Å². The van der Waals surface area contributed by atoms with Crippen molar-refractivity contribution in [1.82, 2.24) is 10.7 Å². The first-order valence-electron chi connectivity index (χ1n) is 11.8. The van der Waals surface area contributed by atoms with Crippen LogP contribution in [0.25, 0.3) is 10.8 Å². The van der Waals surface area contributed by atoms with Gasteiger partial charge in [-0.05, 0) is 66.2 Å². The molecule has 0 aliphatic rings. The standard InChI is InChI=1S/C29H24BrN3O5/c1-2-37-23-13-10-20(11-14-23)29(36)38-26-15-12-22(30)16-21(26)17-32-33-27(34)18-31-28(35)25-9-5-7-19-6-3-4-8-24(19)25/h3-17H,2,18H2,1H3,(H,31,35)(H,33,34). The number of carbonyl (C=O) groups is 3. The van der Waals surface area contributed by atoms with E-state index >= 15 is 0 Å². The van der Waals surface area contributed by atoms with Crippen LogP contribution in [0.15, 0.2) is 94.5 Å². The van der Waals surface area contributed by atoms with E-state index in [4.69, 9.17) is 9.47 Å². The van der Waals surface area contributed by atoms with Crippen LogP contribution in [0, 0.1) is 0 Å². The van der Waals surface area contributed by atoms with Crippen molar-refractivity contribution in [3.05, 3.63) is 106 Å². The summed E-state index contributed by atoms with van der Waals surface area (Å²) in [6.45, 7) is 2.14. The molecule has 2 N–H and O–H groups in total. The molecule has 0 aliphatic heterocycles.